The summed E-state index contributed by atoms with van der Waals surface area (Å²) in [6.45, 7) is 6.53. The Hall–Kier alpha value is -1.11. The number of hydrazine groups is 1. The zero-order valence-corrected chi connectivity index (χ0v) is 16.7. The van der Waals surface area contributed by atoms with Gasteiger partial charge in [-0.15, -0.1) is 0 Å². The van der Waals surface area contributed by atoms with E-state index in [0.717, 1.165) is 23.6 Å². The van der Waals surface area contributed by atoms with Crippen LogP contribution in [0.3, 0.4) is 0 Å². The van der Waals surface area contributed by atoms with Crippen LogP contribution >= 0.6 is 36.0 Å². The number of thiocarbonyl (C=S) groups is 2. The van der Waals surface area contributed by atoms with E-state index in [1.165, 1.54) is 12.8 Å². The summed E-state index contributed by atoms with van der Waals surface area (Å²) in [7, 11) is 0. The lowest BCUT2D eigenvalue weighted by Crippen LogP contribution is -2.53. The molecule has 0 aromatic heterocycles. The molecule has 4 nitrogen and oxygen atoms in total. The number of halogens is 1. The van der Waals surface area contributed by atoms with Crippen molar-refractivity contribution in [2.45, 2.75) is 46.1 Å². The smallest absolute Gasteiger partial charge is 0.189 e. The fourth-order valence-corrected chi connectivity index (χ4v) is 3.54. The van der Waals surface area contributed by atoms with Gasteiger partial charge in [-0.2, -0.15) is 0 Å². The fraction of sp³-hybridized carbons (Fsp3) is 0.529. The highest BCUT2D eigenvalue weighted by Gasteiger charge is 2.27. The van der Waals surface area contributed by atoms with Gasteiger partial charge in [-0.25, -0.2) is 0 Å². The van der Waals surface area contributed by atoms with Gasteiger partial charge < -0.3 is 10.6 Å². The molecular formula is C17H25ClN4S2. The maximum atomic E-state index is 6.11. The minimum Gasteiger partial charge on any atom is -0.358 e. The summed E-state index contributed by atoms with van der Waals surface area (Å²) in [6, 6.07) is 6.07. The van der Waals surface area contributed by atoms with Crippen LogP contribution in [0.25, 0.3) is 0 Å². The molecule has 132 valence electrons. The van der Waals surface area contributed by atoms with Gasteiger partial charge >= 0.3 is 0 Å². The molecule has 0 radical (unpaired) electrons. The molecule has 4 N–H and O–H groups in total. The van der Waals surface area contributed by atoms with E-state index in [4.69, 9.17) is 36.0 Å². The van der Waals surface area contributed by atoms with Gasteiger partial charge in [0.25, 0.3) is 0 Å². The maximum Gasteiger partial charge on any atom is 0.189 e. The third kappa shape index (κ3) is 5.19. The highest BCUT2D eigenvalue weighted by Crippen LogP contribution is 2.29. The quantitative estimate of drug-likeness (QED) is 0.454. The van der Waals surface area contributed by atoms with Crippen LogP contribution in [-0.2, 0) is 0 Å². The molecule has 0 unspecified atom stereocenters. The lowest BCUT2D eigenvalue weighted by atomic mass is 9.78. The normalized spacial score (nSPS) is 23.2. The number of rotatable bonds is 2. The minimum absolute atomic E-state index is 0.409. The zero-order valence-electron chi connectivity index (χ0n) is 14.3. The van der Waals surface area contributed by atoms with E-state index in [0.29, 0.717) is 27.2 Å². The van der Waals surface area contributed by atoms with Crippen molar-refractivity contribution in [3.63, 3.8) is 0 Å². The van der Waals surface area contributed by atoms with E-state index < -0.39 is 0 Å². The van der Waals surface area contributed by atoms with Crippen LogP contribution in [0.2, 0.25) is 5.02 Å². The number of anilines is 1. The highest BCUT2D eigenvalue weighted by atomic mass is 35.5. The zero-order chi connectivity index (χ0) is 17.7. The molecule has 3 atom stereocenters. The first-order valence-corrected chi connectivity index (χ1v) is 9.46. The molecule has 0 bridgehead atoms. The van der Waals surface area contributed by atoms with Gasteiger partial charge in [-0.05, 0) is 67.3 Å². The van der Waals surface area contributed by atoms with Crippen LogP contribution in [0.4, 0.5) is 5.69 Å². The Bertz CT molecular complexity index is 608. The average molecular weight is 385 g/mol. The number of hydrogen-bond donors (Lipinski definition) is 4. The minimum atomic E-state index is 0.409. The summed E-state index contributed by atoms with van der Waals surface area (Å²) in [6.07, 6.45) is 3.69. The van der Waals surface area contributed by atoms with Crippen LogP contribution in [0.15, 0.2) is 18.2 Å². The van der Waals surface area contributed by atoms with Gasteiger partial charge in [-0.3, -0.25) is 10.9 Å². The molecule has 24 heavy (non-hydrogen) atoms. The third-order valence-electron chi connectivity index (χ3n) is 4.83. The van der Waals surface area contributed by atoms with Crippen molar-refractivity contribution in [2.24, 2.45) is 11.8 Å². The predicted molar refractivity (Wildman–Crippen MR) is 110 cm³/mol. The van der Waals surface area contributed by atoms with Crippen molar-refractivity contribution in [3.05, 3.63) is 28.8 Å². The van der Waals surface area contributed by atoms with Gasteiger partial charge in [0.1, 0.15) is 0 Å². The van der Waals surface area contributed by atoms with E-state index in [1.807, 2.05) is 25.1 Å². The first-order chi connectivity index (χ1) is 11.4. The monoisotopic (exact) mass is 384 g/mol. The summed E-state index contributed by atoms with van der Waals surface area (Å²) >= 11 is 16.8. The second-order valence-corrected chi connectivity index (χ2v) is 7.69. The molecule has 0 saturated heterocycles. The van der Waals surface area contributed by atoms with E-state index in [2.05, 4.69) is 35.3 Å². The Balaban J connectivity index is 1.79. The van der Waals surface area contributed by atoms with Gasteiger partial charge in [-0.1, -0.05) is 44.4 Å². The second-order valence-electron chi connectivity index (χ2n) is 6.46. The van der Waals surface area contributed by atoms with Crippen molar-refractivity contribution in [1.29, 1.82) is 0 Å². The van der Waals surface area contributed by atoms with Crippen LogP contribution in [-0.4, -0.2) is 16.3 Å². The fourth-order valence-electron chi connectivity index (χ4n) is 3.00. The van der Waals surface area contributed by atoms with E-state index in [9.17, 15) is 0 Å². The Labute approximate surface area is 160 Å². The topological polar surface area (TPSA) is 48.1 Å². The summed E-state index contributed by atoms with van der Waals surface area (Å²) < 4.78 is 0. The second kappa shape index (κ2) is 8.83. The number of nitrogens with one attached hydrogen (secondary N) is 4. The highest BCUT2D eigenvalue weighted by molar-refractivity contribution is 7.80. The summed E-state index contributed by atoms with van der Waals surface area (Å²) in [5.41, 5.74) is 7.69. The van der Waals surface area contributed by atoms with Crippen molar-refractivity contribution >= 4 is 51.9 Å². The standard InChI is InChI=1S/C17H25ClN4S2/c1-10-6-4-8-14(11(10)2)19-16(23)21-22-17(24)20-15-9-5-7-13(18)12(15)3/h5,7,9-11,14H,4,6,8H2,1-3H3,(H2,19,21,23)(H2,20,22,24)/t10-,11-,14+/m0/s1. The molecule has 0 spiro atoms. The van der Waals surface area contributed by atoms with Crippen molar-refractivity contribution in [3.8, 4) is 0 Å². The number of hydrogen-bond acceptors (Lipinski definition) is 2. The molecule has 7 heteroatoms. The van der Waals surface area contributed by atoms with Gasteiger partial charge in [0.2, 0.25) is 0 Å². The first kappa shape index (κ1) is 19.2. The van der Waals surface area contributed by atoms with Crippen LogP contribution < -0.4 is 21.5 Å². The van der Waals surface area contributed by atoms with Gasteiger partial charge in [0.05, 0.1) is 0 Å². The van der Waals surface area contributed by atoms with Crippen LogP contribution in [0.1, 0.15) is 38.7 Å². The Kier molecular flexibility index (Phi) is 7.07. The number of benzene rings is 1. The molecule has 0 amide bonds. The Morgan fingerprint density at radius 2 is 1.83 bits per heavy atom. The lowest BCUT2D eigenvalue weighted by Gasteiger charge is -2.35. The predicted octanol–water partition coefficient (Wildman–Crippen LogP) is 4.14. The average Bonchev–Trinajstić information content (AvgIpc) is 2.54. The summed E-state index contributed by atoms with van der Waals surface area (Å²) in [5.74, 6) is 1.33. The molecule has 1 aliphatic rings. The molecule has 1 fully saturated rings. The molecule has 0 aliphatic heterocycles. The largest absolute Gasteiger partial charge is 0.358 e. The van der Waals surface area contributed by atoms with E-state index in [1.54, 1.807) is 0 Å². The van der Waals surface area contributed by atoms with Crippen molar-refractivity contribution < 1.29 is 0 Å². The molecule has 1 saturated carbocycles. The van der Waals surface area contributed by atoms with Crippen LogP contribution in [0.5, 0.6) is 0 Å². The maximum absolute atomic E-state index is 6.11. The molecule has 0 heterocycles. The Morgan fingerprint density at radius 1 is 1.12 bits per heavy atom. The molecule has 2 rings (SSSR count). The van der Waals surface area contributed by atoms with E-state index >= 15 is 0 Å². The third-order valence-corrected chi connectivity index (χ3v) is 5.66. The van der Waals surface area contributed by atoms with Gasteiger partial charge in [0.15, 0.2) is 10.2 Å². The van der Waals surface area contributed by atoms with Crippen LogP contribution in [0, 0.1) is 18.8 Å². The molecule has 1 aromatic rings. The van der Waals surface area contributed by atoms with Crippen molar-refractivity contribution in [2.75, 3.05) is 5.32 Å². The molecular weight excluding hydrogens is 360 g/mol. The van der Waals surface area contributed by atoms with Gasteiger partial charge in [0, 0.05) is 16.8 Å². The van der Waals surface area contributed by atoms with E-state index in [-0.39, 0.29) is 0 Å². The first-order valence-electron chi connectivity index (χ1n) is 8.27. The Morgan fingerprint density at radius 3 is 2.58 bits per heavy atom. The summed E-state index contributed by atoms with van der Waals surface area (Å²) in [5, 5.41) is 8.20. The summed E-state index contributed by atoms with van der Waals surface area (Å²) in [4.78, 5) is 0. The van der Waals surface area contributed by atoms with Crippen molar-refractivity contribution in [1.82, 2.24) is 16.2 Å². The SMILES string of the molecule is Cc1c(Cl)cccc1NC(=S)NNC(=S)N[C@@H]1CCC[C@H](C)[C@@H]1C. The molecule has 1 aromatic carbocycles. The molecule has 1 aliphatic carbocycles. The lowest BCUT2D eigenvalue weighted by molar-refractivity contribution is 0.224.